The van der Waals surface area contributed by atoms with E-state index < -0.39 is 5.97 Å². The molecule has 1 rings (SSSR count). The first-order valence-corrected chi connectivity index (χ1v) is 4.36. The summed E-state index contributed by atoms with van der Waals surface area (Å²) in [6.45, 7) is 0. The number of nitrogens with zero attached hydrogens (tertiary/aromatic N) is 2. The Kier molecular flexibility index (Phi) is 3.31. The maximum absolute atomic E-state index is 10.2. The van der Waals surface area contributed by atoms with Crippen molar-refractivity contribution in [3.05, 3.63) is 17.5 Å². The molecule has 0 spiro atoms. The molecule has 12 heavy (non-hydrogen) atoms. The van der Waals surface area contributed by atoms with E-state index in [0.717, 1.165) is 11.8 Å². The third-order valence-electron chi connectivity index (χ3n) is 0.966. The first-order chi connectivity index (χ1) is 5.70. The minimum absolute atomic E-state index is 0.0449. The Bertz CT molecular complexity index is 295. The van der Waals surface area contributed by atoms with Gasteiger partial charge in [-0.05, 0) is 0 Å². The molecule has 1 aromatic rings. The molecular formula is C6H5ClN2O2S. The Labute approximate surface area is 78.0 Å². The zero-order chi connectivity index (χ0) is 8.97. The number of hydrogen-bond donors (Lipinski definition) is 1. The molecule has 4 nitrogen and oxygen atoms in total. The van der Waals surface area contributed by atoms with Crippen LogP contribution >= 0.6 is 23.4 Å². The highest BCUT2D eigenvalue weighted by molar-refractivity contribution is 8.00. The van der Waals surface area contributed by atoms with Crippen LogP contribution in [0.4, 0.5) is 0 Å². The number of aliphatic carboxylic acids is 1. The number of halogens is 1. The first-order valence-electron chi connectivity index (χ1n) is 3.00. The zero-order valence-corrected chi connectivity index (χ0v) is 7.47. The molecule has 1 aromatic heterocycles. The zero-order valence-electron chi connectivity index (χ0n) is 5.90. The first kappa shape index (κ1) is 9.28. The van der Waals surface area contributed by atoms with E-state index in [-0.39, 0.29) is 5.75 Å². The molecule has 0 bridgehead atoms. The third kappa shape index (κ3) is 2.67. The maximum Gasteiger partial charge on any atom is 0.313 e. The molecule has 64 valence electrons. The Balaban J connectivity index is 2.63. The van der Waals surface area contributed by atoms with Crippen LogP contribution in [0.2, 0.25) is 5.02 Å². The van der Waals surface area contributed by atoms with Crippen LogP contribution in [0.25, 0.3) is 0 Å². The van der Waals surface area contributed by atoms with E-state index in [0.29, 0.717) is 10.0 Å². The van der Waals surface area contributed by atoms with Gasteiger partial charge in [0, 0.05) is 0 Å². The highest BCUT2D eigenvalue weighted by atomic mass is 35.5. The lowest BCUT2D eigenvalue weighted by molar-refractivity contribution is -0.133. The molecule has 0 unspecified atom stereocenters. The fourth-order valence-corrected chi connectivity index (χ4v) is 1.38. The van der Waals surface area contributed by atoms with Crippen molar-refractivity contribution in [3.8, 4) is 0 Å². The van der Waals surface area contributed by atoms with Crippen molar-refractivity contribution in [1.82, 2.24) is 9.97 Å². The minimum atomic E-state index is -0.894. The Hall–Kier alpha value is -0.810. The van der Waals surface area contributed by atoms with Crippen LogP contribution in [0.1, 0.15) is 0 Å². The van der Waals surface area contributed by atoms with Crippen LogP contribution in [0, 0.1) is 0 Å². The highest BCUT2D eigenvalue weighted by Crippen LogP contribution is 2.22. The van der Waals surface area contributed by atoms with E-state index in [2.05, 4.69) is 9.97 Å². The lowest BCUT2D eigenvalue weighted by atomic mass is 10.7. The molecule has 0 aliphatic carbocycles. The summed E-state index contributed by atoms with van der Waals surface area (Å²) in [5.41, 5.74) is 0. The summed E-state index contributed by atoms with van der Waals surface area (Å²) >= 11 is 6.74. The molecular weight excluding hydrogens is 200 g/mol. The van der Waals surface area contributed by atoms with Gasteiger partial charge in [0.15, 0.2) is 0 Å². The molecule has 1 heterocycles. The highest BCUT2D eigenvalue weighted by Gasteiger charge is 2.04. The smallest absolute Gasteiger partial charge is 0.313 e. The van der Waals surface area contributed by atoms with E-state index in [9.17, 15) is 4.79 Å². The second kappa shape index (κ2) is 4.27. The van der Waals surface area contributed by atoms with E-state index in [1.54, 1.807) is 0 Å². The van der Waals surface area contributed by atoms with Crippen LogP contribution in [0.5, 0.6) is 0 Å². The summed E-state index contributed by atoms with van der Waals surface area (Å²) in [4.78, 5) is 17.7. The average molecular weight is 205 g/mol. The van der Waals surface area contributed by atoms with Gasteiger partial charge in [0.25, 0.3) is 0 Å². The quantitative estimate of drug-likeness (QED) is 0.594. The van der Waals surface area contributed by atoms with Gasteiger partial charge in [0.05, 0.1) is 17.0 Å². The second-order valence-corrected chi connectivity index (χ2v) is 3.23. The molecule has 0 aliphatic rings. The summed E-state index contributed by atoms with van der Waals surface area (Å²) in [6.07, 6.45) is 2.76. The van der Waals surface area contributed by atoms with Crippen molar-refractivity contribution in [2.24, 2.45) is 0 Å². The summed E-state index contributed by atoms with van der Waals surface area (Å²) in [6, 6.07) is 0. The lowest BCUT2D eigenvalue weighted by Gasteiger charge is -1.97. The molecule has 0 amide bonds. The average Bonchev–Trinajstić information content (AvgIpc) is 2.03. The lowest BCUT2D eigenvalue weighted by Crippen LogP contribution is -1.98. The van der Waals surface area contributed by atoms with Crippen LogP contribution < -0.4 is 0 Å². The van der Waals surface area contributed by atoms with Gasteiger partial charge < -0.3 is 5.11 Å². The molecule has 0 fully saturated rings. The fourth-order valence-electron chi connectivity index (χ4n) is 0.538. The van der Waals surface area contributed by atoms with Crippen LogP contribution in [-0.4, -0.2) is 26.8 Å². The number of carbonyl (C=O) groups is 1. The summed E-state index contributed by atoms with van der Waals surface area (Å²) in [7, 11) is 0. The number of thioether (sulfide) groups is 1. The Morgan fingerprint density at radius 3 is 3.08 bits per heavy atom. The van der Waals surface area contributed by atoms with Gasteiger partial charge in [0.2, 0.25) is 0 Å². The standard InChI is InChI=1S/C6H5ClN2O2S/c7-4-1-8-3-9-6(4)12-2-5(10)11/h1,3H,2H2,(H,10,11). The van der Waals surface area contributed by atoms with E-state index in [1.807, 2.05) is 0 Å². The monoisotopic (exact) mass is 204 g/mol. The SMILES string of the molecule is O=C(O)CSc1ncncc1Cl. The van der Waals surface area contributed by atoms with Crippen molar-refractivity contribution in [2.45, 2.75) is 5.03 Å². The van der Waals surface area contributed by atoms with Crippen molar-refractivity contribution in [3.63, 3.8) is 0 Å². The van der Waals surface area contributed by atoms with E-state index in [1.165, 1.54) is 12.5 Å². The molecule has 6 heteroatoms. The summed E-state index contributed by atoms with van der Waals surface area (Å²) in [5.74, 6) is -0.939. The number of hydrogen-bond acceptors (Lipinski definition) is 4. The van der Waals surface area contributed by atoms with Crippen molar-refractivity contribution in [1.29, 1.82) is 0 Å². The van der Waals surface area contributed by atoms with Gasteiger partial charge in [-0.15, -0.1) is 0 Å². The van der Waals surface area contributed by atoms with Crippen molar-refractivity contribution >= 4 is 29.3 Å². The molecule has 0 saturated heterocycles. The Morgan fingerprint density at radius 2 is 2.50 bits per heavy atom. The number of rotatable bonds is 3. The normalized spacial score (nSPS) is 9.75. The van der Waals surface area contributed by atoms with Gasteiger partial charge >= 0.3 is 5.97 Å². The Morgan fingerprint density at radius 1 is 1.75 bits per heavy atom. The molecule has 0 aliphatic heterocycles. The summed E-state index contributed by atoms with van der Waals surface area (Å²) in [5, 5.41) is 9.23. The molecule has 0 aromatic carbocycles. The second-order valence-electron chi connectivity index (χ2n) is 1.86. The largest absolute Gasteiger partial charge is 0.481 e. The molecule has 0 radical (unpaired) electrons. The van der Waals surface area contributed by atoms with E-state index >= 15 is 0 Å². The number of carboxylic acids is 1. The van der Waals surface area contributed by atoms with Gasteiger partial charge in [-0.2, -0.15) is 0 Å². The fraction of sp³-hybridized carbons (Fsp3) is 0.167. The van der Waals surface area contributed by atoms with Crippen molar-refractivity contribution < 1.29 is 9.90 Å². The van der Waals surface area contributed by atoms with Gasteiger partial charge in [-0.25, -0.2) is 9.97 Å². The predicted octanol–water partition coefficient (Wildman–Crippen LogP) is 1.31. The van der Waals surface area contributed by atoms with Gasteiger partial charge in [-0.3, -0.25) is 4.79 Å². The molecule has 0 atom stereocenters. The number of aromatic nitrogens is 2. The van der Waals surface area contributed by atoms with Crippen LogP contribution in [0.3, 0.4) is 0 Å². The minimum Gasteiger partial charge on any atom is -0.481 e. The van der Waals surface area contributed by atoms with Crippen molar-refractivity contribution in [2.75, 3.05) is 5.75 Å². The van der Waals surface area contributed by atoms with Crippen LogP contribution in [0.15, 0.2) is 17.6 Å². The maximum atomic E-state index is 10.2. The third-order valence-corrected chi connectivity index (χ3v) is 2.34. The van der Waals surface area contributed by atoms with Crippen LogP contribution in [-0.2, 0) is 4.79 Å². The van der Waals surface area contributed by atoms with Gasteiger partial charge in [0.1, 0.15) is 11.4 Å². The van der Waals surface area contributed by atoms with E-state index in [4.69, 9.17) is 16.7 Å². The molecule has 0 saturated carbocycles. The van der Waals surface area contributed by atoms with Gasteiger partial charge in [-0.1, -0.05) is 23.4 Å². The molecule has 1 N–H and O–H groups in total. The summed E-state index contributed by atoms with van der Waals surface area (Å²) < 4.78 is 0. The number of carboxylic acid groups (broad SMARTS) is 1. The topological polar surface area (TPSA) is 63.1 Å². The predicted molar refractivity (Wildman–Crippen MR) is 45.4 cm³/mol.